The molecular weight excluding hydrogens is 210 g/mol. The highest BCUT2D eigenvalue weighted by atomic mass is 16.1. The van der Waals surface area contributed by atoms with Gasteiger partial charge in [0, 0.05) is 11.6 Å². The van der Waals surface area contributed by atoms with Gasteiger partial charge in [0.2, 0.25) is 0 Å². The Kier molecular flexibility index (Phi) is 3.71. The van der Waals surface area contributed by atoms with Gasteiger partial charge in [-0.1, -0.05) is 54.6 Å². The van der Waals surface area contributed by atoms with Crippen LogP contribution in [-0.4, -0.2) is 4.98 Å². The van der Waals surface area contributed by atoms with Crippen molar-refractivity contribution in [3.05, 3.63) is 83.3 Å². The fourth-order valence-electron chi connectivity index (χ4n) is 1.52. The zero-order valence-corrected chi connectivity index (χ0v) is 9.34. The monoisotopic (exact) mass is 223 g/mol. The molecule has 2 aromatic carbocycles. The third-order valence-corrected chi connectivity index (χ3v) is 2.35. The molecule has 0 radical (unpaired) electrons. The third-order valence-electron chi connectivity index (χ3n) is 2.35. The van der Waals surface area contributed by atoms with E-state index in [0.717, 1.165) is 10.8 Å². The Morgan fingerprint density at radius 3 is 1.88 bits per heavy atom. The number of H-pyrrole nitrogens is 1. The minimum Gasteiger partial charge on any atom is -0.329 e. The van der Waals surface area contributed by atoms with E-state index in [9.17, 15) is 4.79 Å². The van der Waals surface area contributed by atoms with Crippen molar-refractivity contribution >= 4 is 10.8 Å². The summed E-state index contributed by atoms with van der Waals surface area (Å²) in [6, 6.07) is 21.4. The Bertz CT molecular complexity index is 597. The number of rotatable bonds is 0. The summed E-state index contributed by atoms with van der Waals surface area (Å²) < 4.78 is 0. The number of nitrogens with one attached hydrogen (secondary N) is 1. The topological polar surface area (TPSA) is 32.9 Å². The minimum atomic E-state index is -0.0249. The second-order valence-corrected chi connectivity index (χ2v) is 3.55. The zero-order valence-electron chi connectivity index (χ0n) is 9.34. The van der Waals surface area contributed by atoms with Gasteiger partial charge in [-0.25, -0.2) is 0 Å². The number of pyridine rings is 1. The Morgan fingerprint density at radius 1 is 0.706 bits per heavy atom. The van der Waals surface area contributed by atoms with Crippen molar-refractivity contribution in [3.8, 4) is 0 Å². The van der Waals surface area contributed by atoms with Crippen LogP contribution in [0.25, 0.3) is 10.8 Å². The molecule has 1 aromatic heterocycles. The molecule has 84 valence electrons. The summed E-state index contributed by atoms with van der Waals surface area (Å²) in [6.07, 6.45) is 1.66. The van der Waals surface area contributed by atoms with Crippen LogP contribution >= 0.6 is 0 Å². The molecule has 0 spiro atoms. The maximum absolute atomic E-state index is 11.1. The first-order valence-corrected chi connectivity index (χ1v) is 5.44. The van der Waals surface area contributed by atoms with Crippen molar-refractivity contribution in [3.63, 3.8) is 0 Å². The third kappa shape index (κ3) is 3.05. The van der Waals surface area contributed by atoms with Crippen LogP contribution in [0.4, 0.5) is 0 Å². The van der Waals surface area contributed by atoms with Crippen LogP contribution in [0.2, 0.25) is 0 Å². The maximum Gasteiger partial charge on any atom is 0.255 e. The van der Waals surface area contributed by atoms with Crippen molar-refractivity contribution in [2.24, 2.45) is 0 Å². The molecule has 3 aromatic rings. The van der Waals surface area contributed by atoms with Crippen LogP contribution in [0.5, 0.6) is 0 Å². The summed E-state index contributed by atoms with van der Waals surface area (Å²) in [5.74, 6) is 0. The molecule has 1 N–H and O–H groups in total. The van der Waals surface area contributed by atoms with E-state index in [0.29, 0.717) is 0 Å². The molecule has 0 amide bonds. The van der Waals surface area contributed by atoms with E-state index in [4.69, 9.17) is 0 Å². The fraction of sp³-hybridized carbons (Fsp3) is 0. The number of fused-ring (bicyclic) bond motifs is 1. The van der Waals surface area contributed by atoms with Crippen molar-refractivity contribution in [2.75, 3.05) is 0 Å². The van der Waals surface area contributed by atoms with Gasteiger partial charge in [-0.3, -0.25) is 4.79 Å². The highest BCUT2D eigenvalue weighted by molar-refractivity contribution is 5.80. The second kappa shape index (κ2) is 5.66. The summed E-state index contributed by atoms with van der Waals surface area (Å²) in [5, 5.41) is 1.73. The first kappa shape index (κ1) is 11.1. The summed E-state index contributed by atoms with van der Waals surface area (Å²) in [4.78, 5) is 13.7. The van der Waals surface area contributed by atoms with Gasteiger partial charge < -0.3 is 4.98 Å². The number of hydrogen-bond acceptors (Lipinski definition) is 1. The van der Waals surface area contributed by atoms with Crippen molar-refractivity contribution in [2.45, 2.75) is 0 Å². The highest BCUT2D eigenvalue weighted by Gasteiger charge is 1.92. The molecule has 0 aliphatic heterocycles. The van der Waals surface area contributed by atoms with Crippen LogP contribution in [0, 0.1) is 0 Å². The van der Waals surface area contributed by atoms with E-state index in [2.05, 4.69) is 4.98 Å². The van der Waals surface area contributed by atoms with Gasteiger partial charge in [-0.15, -0.1) is 0 Å². The molecule has 2 nitrogen and oxygen atoms in total. The summed E-state index contributed by atoms with van der Waals surface area (Å²) >= 11 is 0. The normalized spacial score (nSPS) is 9.41. The maximum atomic E-state index is 11.1. The molecule has 0 aliphatic carbocycles. The van der Waals surface area contributed by atoms with Crippen molar-refractivity contribution in [1.29, 1.82) is 0 Å². The van der Waals surface area contributed by atoms with E-state index < -0.39 is 0 Å². The van der Waals surface area contributed by atoms with Crippen LogP contribution in [0.1, 0.15) is 0 Å². The Labute approximate surface area is 99.6 Å². The lowest BCUT2D eigenvalue weighted by atomic mass is 10.2. The standard InChI is InChI=1S/C9H7NO.C6H6/c11-9-8-4-2-1-3-7(8)5-6-10-9;1-2-4-6-5-3-1/h1-6H,(H,10,11);1-6H. The van der Waals surface area contributed by atoms with Crippen LogP contribution < -0.4 is 5.56 Å². The Balaban J connectivity index is 0.000000153. The van der Waals surface area contributed by atoms with E-state index >= 15 is 0 Å². The molecule has 0 saturated carbocycles. The fourth-order valence-corrected chi connectivity index (χ4v) is 1.52. The molecule has 0 aliphatic rings. The lowest BCUT2D eigenvalue weighted by Crippen LogP contribution is -2.03. The van der Waals surface area contributed by atoms with Gasteiger partial charge in [-0.05, 0) is 17.5 Å². The van der Waals surface area contributed by atoms with Gasteiger partial charge in [0.1, 0.15) is 0 Å². The SMILES string of the molecule is O=c1[nH]ccc2ccccc12.c1ccccc1. The molecule has 17 heavy (non-hydrogen) atoms. The highest BCUT2D eigenvalue weighted by Crippen LogP contribution is 2.05. The lowest BCUT2D eigenvalue weighted by molar-refractivity contribution is 1.28. The van der Waals surface area contributed by atoms with Gasteiger partial charge in [-0.2, -0.15) is 0 Å². The smallest absolute Gasteiger partial charge is 0.255 e. The molecule has 0 bridgehead atoms. The van der Waals surface area contributed by atoms with E-state index in [1.165, 1.54) is 0 Å². The predicted octanol–water partition coefficient (Wildman–Crippen LogP) is 3.21. The molecule has 2 heteroatoms. The predicted molar refractivity (Wildman–Crippen MR) is 71.0 cm³/mol. The molecule has 3 rings (SSSR count). The Morgan fingerprint density at radius 2 is 1.29 bits per heavy atom. The number of benzene rings is 2. The van der Waals surface area contributed by atoms with Crippen LogP contribution in [-0.2, 0) is 0 Å². The zero-order chi connectivity index (χ0) is 11.9. The van der Waals surface area contributed by atoms with E-state index in [1.807, 2.05) is 66.7 Å². The van der Waals surface area contributed by atoms with Crippen molar-refractivity contribution < 1.29 is 0 Å². The van der Waals surface area contributed by atoms with Gasteiger partial charge >= 0.3 is 0 Å². The van der Waals surface area contributed by atoms with Crippen LogP contribution in [0.15, 0.2) is 77.7 Å². The van der Waals surface area contributed by atoms with Crippen molar-refractivity contribution in [1.82, 2.24) is 4.98 Å². The number of aromatic nitrogens is 1. The van der Waals surface area contributed by atoms with Gasteiger partial charge in [0.05, 0.1) is 0 Å². The lowest BCUT2D eigenvalue weighted by Gasteiger charge is -1.92. The second-order valence-electron chi connectivity index (χ2n) is 3.55. The average molecular weight is 223 g/mol. The molecule has 1 heterocycles. The minimum absolute atomic E-state index is 0.0249. The molecular formula is C15H13NO. The first-order valence-electron chi connectivity index (χ1n) is 5.44. The summed E-state index contributed by atoms with van der Waals surface area (Å²) in [7, 11) is 0. The Hall–Kier alpha value is -2.35. The summed E-state index contributed by atoms with van der Waals surface area (Å²) in [6.45, 7) is 0. The largest absolute Gasteiger partial charge is 0.329 e. The summed E-state index contributed by atoms with van der Waals surface area (Å²) in [5.41, 5.74) is -0.0249. The van der Waals surface area contributed by atoms with Crippen LogP contribution in [0.3, 0.4) is 0 Å². The average Bonchev–Trinajstić information content (AvgIpc) is 2.42. The number of hydrogen-bond donors (Lipinski definition) is 1. The molecule has 0 atom stereocenters. The number of aromatic amines is 1. The van der Waals surface area contributed by atoms with Gasteiger partial charge in [0.25, 0.3) is 5.56 Å². The van der Waals surface area contributed by atoms with E-state index in [-0.39, 0.29) is 5.56 Å². The van der Waals surface area contributed by atoms with E-state index in [1.54, 1.807) is 6.20 Å². The quantitative estimate of drug-likeness (QED) is 0.623. The first-order chi connectivity index (χ1) is 8.38. The molecule has 0 unspecified atom stereocenters. The van der Waals surface area contributed by atoms with Gasteiger partial charge in [0.15, 0.2) is 0 Å². The molecule has 0 saturated heterocycles. The molecule has 0 fully saturated rings.